The van der Waals surface area contributed by atoms with Crippen LogP contribution in [-0.2, 0) is 27.4 Å². The van der Waals surface area contributed by atoms with Crippen LogP contribution < -0.4 is 5.32 Å². The number of aryl methyl sites for hydroxylation is 1. The van der Waals surface area contributed by atoms with Gasteiger partial charge in [-0.3, -0.25) is 9.59 Å². The standard InChI is InChI=1S/C17H22N4O3S/c1-13-2-3-15(25-13)9-19-16(22)8-14-11-24-7-6-21(14)17(23)10-20-5-4-18-12-20/h2-5,12,14H,6-11H2,1H3,(H,19,22). The minimum Gasteiger partial charge on any atom is -0.377 e. The van der Waals surface area contributed by atoms with Crippen molar-refractivity contribution >= 4 is 23.2 Å². The zero-order valence-electron chi connectivity index (χ0n) is 14.2. The van der Waals surface area contributed by atoms with Crippen LogP contribution in [0, 0.1) is 6.92 Å². The molecule has 3 rings (SSSR count). The molecule has 1 N–H and O–H groups in total. The number of ether oxygens (including phenoxy) is 1. The number of morpholine rings is 1. The van der Waals surface area contributed by atoms with E-state index >= 15 is 0 Å². The molecule has 1 aliphatic rings. The van der Waals surface area contributed by atoms with Crippen molar-refractivity contribution in [1.82, 2.24) is 19.8 Å². The van der Waals surface area contributed by atoms with Gasteiger partial charge >= 0.3 is 0 Å². The van der Waals surface area contributed by atoms with Gasteiger partial charge in [-0.15, -0.1) is 11.3 Å². The van der Waals surface area contributed by atoms with Crippen molar-refractivity contribution in [3.63, 3.8) is 0 Å². The predicted molar refractivity (Wildman–Crippen MR) is 94.1 cm³/mol. The van der Waals surface area contributed by atoms with E-state index in [1.165, 1.54) is 4.88 Å². The maximum absolute atomic E-state index is 12.5. The summed E-state index contributed by atoms with van der Waals surface area (Å²) in [7, 11) is 0. The van der Waals surface area contributed by atoms with Crippen LogP contribution in [0.15, 0.2) is 30.9 Å². The Balaban J connectivity index is 1.53. The predicted octanol–water partition coefficient (Wildman–Crippen LogP) is 1.19. The minimum atomic E-state index is -0.227. The summed E-state index contributed by atoms with van der Waals surface area (Å²) in [5.41, 5.74) is 0. The number of hydrogen-bond donors (Lipinski definition) is 1. The van der Waals surface area contributed by atoms with E-state index in [2.05, 4.69) is 10.3 Å². The molecule has 8 heteroatoms. The summed E-state index contributed by atoms with van der Waals surface area (Å²) >= 11 is 1.67. The fourth-order valence-electron chi connectivity index (χ4n) is 2.83. The van der Waals surface area contributed by atoms with Gasteiger partial charge < -0.3 is 19.5 Å². The fraction of sp³-hybridized carbons (Fsp3) is 0.471. The average molecular weight is 362 g/mol. The molecule has 2 aromatic heterocycles. The summed E-state index contributed by atoms with van der Waals surface area (Å²) in [5.74, 6) is -0.0880. The second-order valence-electron chi connectivity index (χ2n) is 6.04. The summed E-state index contributed by atoms with van der Waals surface area (Å²) in [5, 5.41) is 2.93. The molecule has 25 heavy (non-hydrogen) atoms. The lowest BCUT2D eigenvalue weighted by Gasteiger charge is -2.35. The van der Waals surface area contributed by atoms with Crippen LogP contribution in [0.25, 0.3) is 0 Å². The molecule has 0 spiro atoms. The molecule has 0 saturated carbocycles. The third kappa shape index (κ3) is 4.90. The molecule has 1 fully saturated rings. The Hall–Kier alpha value is -2.19. The second kappa shape index (κ2) is 8.26. The third-order valence-corrected chi connectivity index (χ3v) is 5.10. The number of hydrogen-bond acceptors (Lipinski definition) is 5. The van der Waals surface area contributed by atoms with Gasteiger partial charge in [0.1, 0.15) is 6.54 Å². The van der Waals surface area contributed by atoms with E-state index in [1.807, 2.05) is 19.1 Å². The van der Waals surface area contributed by atoms with Crippen molar-refractivity contribution in [2.24, 2.45) is 0 Å². The molecule has 0 aromatic carbocycles. The number of nitrogens with one attached hydrogen (secondary N) is 1. The molecule has 3 heterocycles. The van der Waals surface area contributed by atoms with E-state index in [-0.39, 0.29) is 30.8 Å². The number of amides is 2. The van der Waals surface area contributed by atoms with E-state index in [1.54, 1.807) is 39.5 Å². The van der Waals surface area contributed by atoms with Crippen LogP contribution in [0.4, 0.5) is 0 Å². The van der Waals surface area contributed by atoms with Gasteiger partial charge in [-0.05, 0) is 19.1 Å². The largest absolute Gasteiger partial charge is 0.377 e. The van der Waals surface area contributed by atoms with E-state index < -0.39 is 0 Å². The quantitative estimate of drug-likeness (QED) is 0.837. The molecule has 1 unspecified atom stereocenters. The number of carbonyl (C=O) groups excluding carboxylic acids is 2. The van der Waals surface area contributed by atoms with Crippen molar-refractivity contribution < 1.29 is 14.3 Å². The monoisotopic (exact) mass is 362 g/mol. The number of imidazole rings is 1. The van der Waals surface area contributed by atoms with Crippen molar-refractivity contribution in [3.8, 4) is 0 Å². The number of aromatic nitrogens is 2. The zero-order chi connectivity index (χ0) is 17.6. The minimum absolute atomic E-state index is 0.0204. The molecule has 2 amide bonds. The van der Waals surface area contributed by atoms with E-state index in [4.69, 9.17) is 4.74 Å². The van der Waals surface area contributed by atoms with Gasteiger partial charge in [0, 0.05) is 35.1 Å². The SMILES string of the molecule is Cc1ccc(CNC(=O)CC2COCCN2C(=O)Cn2ccnc2)s1. The first kappa shape index (κ1) is 17.6. The Kier molecular flexibility index (Phi) is 5.83. The number of carbonyl (C=O) groups is 2. The Morgan fingerprint density at radius 2 is 2.32 bits per heavy atom. The Morgan fingerprint density at radius 1 is 1.44 bits per heavy atom. The van der Waals surface area contributed by atoms with Crippen molar-refractivity contribution in [1.29, 1.82) is 0 Å². The number of thiophene rings is 1. The van der Waals surface area contributed by atoms with E-state index in [0.717, 1.165) is 4.88 Å². The molecular formula is C17H22N4O3S. The lowest BCUT2D eigenvalue weighted by Crippen LogP contribution is -2.51. The third-order valence-electron chi connectivity index (χ3n) is 4.10. The first-order chi connectivity index (χ1) is 12.1. The van der Waals surface area contributed by atoms with Gasteiger partial charge in [0.05, 0.1) is 32.1 Å². The Bertz CT molecular complexity index is 713. The van der Waals surface area contributed by atoms with Gasteiger partial charge in [0.2, 0.25) is 11.8 Å². The van der Waals surface area contributed by atoms with Gasteiger partial charge in [-0.1, -0.05) is 0 Å². The highest BCUT2D eigenvalue weighted by molar-refractivity contribution is 7.11. The van der Waals surface area contributed by atoms with Gasteiger partial charge in [-0.2, -0.15) is 0 Å². The Labute approximate surface area is 150 Å². The lowest BCUT2D eigenvalue weighted by molar-refractivity contribution is -0.142. The fourth-order valence-corrected chi connectivity index (χ4v) is 3.66. The van der Waals surface area contributed by atoms with Crippen molar-refractivity contribution in [2.45, 2.75) is 32.5 Å². The maximum Gasteiger partial charge on any atom is 0.242 e. The summed E-state index contributed by atoms with van der Waals surface area (Å²) in [6, 6.07) is 3.83. The van der Waals surface area contributed by atoms with Crippen molar-refractivity contribution in [3.05, 3.63) is 40.6 Å². The lowest BCUT2D eigenvalue weighted by atomic mass is 10.1. The first-order valence-electron chi connectivity index (χ1n) is 8.27. The molecule has 1 atom stereocenters. The van der Waals surface area contributed by atoms with E-state index in [0.29, 0.717) is 26.3 Å². The average Bonchev–Trinajstić information content (AvgIpc) is 3.25. The second-order valence-corrected chi connectivity index (χ2v) is 7.42. The molecule has 0 bridgehead atoms. The van der Waals surface area contributed by atoms with Crippen LogP contribution >= 0.6 is 11.3 Å². The molecule has 0 radical (unpaired) electrons. The molecule has 7 nitrogen and oxygen atoms in total. The number of nitrogens with zero attached hydrogens (tertiary/aromatic N) is 3. The summed E-state index contributed by atoms with van der Waals surface area (Å²) in [6.45, 7) is 4.19. The van der Waals surface area contributed by atoms with Gasteiger partial charge in [0.15, 0.2) is 0 Å². The topological polar surface area (TPSA) is 76.5 Å². The van der Waals surface area contributed by atoms with Gasteiger partial charge in [-0.25, -0.2) is 4.98 Å². The van der Waals surface area contributed by atoms with Crippen LogP contribution in [0.1, 0.15) is 16.2 Å². The highest BCUT2D eigenvalue weighted by atomic mass is 32.1. The smallest absolute Gasteiger partial charge is 0.242 e. The first-order valence-corrected chi connectivity index (χ1v) is 9.08. The van der Waals surface area contributed by atoms with Crippen LogP contribution in [0.5, 0.6) is 0 Å². The van der Waals surface area contributed by atoms with Gasteiger partial charge in [0.25, 0.3) is 0 Å². The normalized spacial score (nSPS) is 17.5. The number of rotatable bonds is 6. The Morgan fingerprint density at radius 3 is 3.04 bits per heavy atom. The summed E-state index contributed by atoms with van der Waals surface area (Å²) in [4.78, 5) is 32.8. The molecule has 1 aliphatic heterocycles. The summed E-state index contributed by atoms with van der Waals surface area (Å²) < 4.78 is 7.20. The van der Waals surface area contributed by atoms with E-state index in [9.17, 15) is 9.59 Å². The van der Waals surface area contributed by atoms with Crippen molar-refractivity contribution in [2.75, 3.05) is 19.8 Å². The van der Waals surface area contributed by atoms with Crippen LogP contribution in [0.3, 0.4) is 0 Å². The molecule has 1 saturated heterocycles. The summed E-state index contributed by atoms with van der Waals surface area (Å²) in [6.07, 6.45) is 5.26. The molecule has 134 valence electrons. The van der Waals surface area contributed by atoms with Crippen LogP contribution in [0.2, 0.25) is 0 Å². The molecule has 2 aromatic rings. The highest BCUT2D eigenvalue weighted by Crippen LogP contribution is 2.15. The zero-order valence-corrected chi connectivity index (χ0v) is 15.0. The molecule has 0 aliphatic carbocycles. The molecular weight excluding hydrogens is 340 g/mol. The maximum atomic E-state index is 12.5. The van der Waals surface area contributed by atoms with Crippen LogP contribution in [-0.4, -0.2) is 52.1 Å². The highest BCUT2D eigenvalue weighted by Gasteiger charge is 2.29.